The lowest BCUT2D eigenvalue weighted by atomic mass is 9.81. The number of carbonyl (C=O) groups is 1. The van der Waals surface area contributed by atoms with Crippen molar-refractivity contribution in [2.45, 2.75) is 50.3 Å². The largest absolute Gasteiger partial charge is 0.391 e. The van der Waals surface area contributed by atoms with E-state index >= 15 is 0 Å². The van der Waals surface area contributed by atoms with E-state index in [9.17, 15) is 23.1 Å². The highest BCUT2D eigenvalue weighted by Gasteiger charge is 2.43. The fraction of sp³-hybridized carbons (Fsp3) is 0.929. The number of nitrogens with zero attached hydrogens (tertiary/aromatic N) is 1. The molecule has 3 N–H and O–H groups in total. The third-order valence-corrected chi connectivity index (χ3v) is 4.83. The Labute approximate surface area is 122 Å². The highest BCUT2D eigenvalue weighted by molar-refractivity contribution is 5.83. The molecular formula is C14H23F3N2O2. The van der Waals surface area contributed by atoms with Crippen LogP contribution in [0.15, 0.2) is 0 Å². The van der Waals surface area contributed by atoms with Gasteiger partial charge in [0.25, 0.3) is 5.91 Å². The van der Waals surface area contributed by atoms with Crippen LogP contribution in [0, 0.1) is 11.8 Å². The van der Waals surface area contributed by atoms with Crippen LogP contribution in [0.25, 0.3) is 0 Å². The summed E-state index contributed by atoms with van der Waals surface area (Å²) < 4.78 is 37.9. The molecule has 0 aromatic carbocycles. The molecular weight excluding hydrogens is 285 g/mol. The van der Waals surface area contributed by atoms with Crippen molar-refractivity contribution in [1.82, 2.24) is 4.90 Å². The average Bonchev–Trinajstić information content (AvgIpc) is 2.38. The predicted molar refractivity (Wildman–Crippen MR) is 71.3 cm³/mol. The Balaban J connectivity index is 1.82. The van der Waals surface area contributed by atoms with Gasteiger partial charge in [0.15, 0.2) is 5.60 Å². The van der Waals surface area contributed by atoms with Crippen molar-refractivity contribution < 1.29 is 23.1 Å². The van der Waals surface area contributed by atoms with Gasteiger partial charge >= 0.3 is 6.18 Å². The molecule has 4 nitrogen and oxygen atoms in total. The molecule has 1 atom stereocenters. The van der Waals surface area contributed by atoms with Gasteiger partial charge in [-0.1, -0.05) is 0 Å². The number of hydrogen-bond acceptors (Lipinski definition) is 3. The second-order valence-electron chi connectivity index (χ2n) is 6.49. The van der Waals surface area contributed by atoms with E-state index in [1.807, 2.05) is 4.90 Å². The quantitative estimate of drug-likeness (QED) is 0.833. The molecule has 122 valence electrons. The normalized spacial score (nSPS) is 35.6. The van der Waals surface area contributed by atoms with Gasteiger partial charge in [-0.05, 0) is 51.0 Å². The highest BCUT2D eigenvalue weighted by atomic mass is 19.4. The van der Waals surface area contributed by atoms with Gasteiger partial charge in [-0.2, -0.15) is 13.2 Å². The van der Waals surface area contributed by atoms with E-state index in [1.165, 1.54) is 0 Å². The summed E-state index contributed by atoms with van der Waals surface area (Å²) in [5, 5.41) is 10.1. The number of primary amides is 1. The Kier molecular flexibility index (Phi) is 4.82. The lowest BCUT2D eigenvalue weighted by molar-refractivity contribution is -0.184. The summed E-state index contributed by atoms with van der Waals surface area (Å²) in [7, 11) is 0. The lowest BCUT2D eigenvalue weighted by Crippen LogP contribution is -2.56. The molecule has 21 heavy (non-hydrogen) atoms. The van der Waals surface area contributed by atoms with Crippen molar-refractivity contribution in [3.05, 3.63) is 0 Å². The molecule has 2 rings (SSSR count). The molecule has 7 heteroatoms. The maximum Gasteiger partial charge on any atom is 0.391 e. The van der Waals surface area contributed by atoms with E-state index in [4.69, 9.17) is 5.73 Å². The zero-order valence-corrected chi connectivity index (χ0v) is 12.0. The Morgan fingerprint density at radius 2 is 1.90 bits per heavy atom. The van der Waals surface area contributed by atoms with Crippen molar-refractivity contribution in [1.29, 1.82) is 0 Å². The van der Waals surface area contributed by atoms with Gasteiger partial charge in [-0.3, -0.25) is 9.69 Å². The Bertz CT molecular complexity index is 381. The second-order valence-corrected chi connectivity index (χ2v) is 6.49. The first kappa shape index (κ1) is 16.5. The minimum absolute atomic E-state index is 0.183. The number of carbonyl (C=O) groups excluding carboxylic acids is 1. The zero-order chi connectivity index (χ0) is 15.7. The van der Waals surface area contributed by atoms with Crippen LogP contribution in [0.2, 0.25) is 0 Å². The van der Waals surface area contributed by atoms with Crippen LogP contribution in [-0.2, 0) is 4.79 Å². The monoisotopic (exact) mass is 308 g/mol. The molecule has 1 saturated heterocycles. The predicted octanol–water partition coefficient (Wildman–Crippen LogP) is 1.67. The van der Waals surface area contributed by atoms with Crippen molar-refractivity contribution in [3.63, 3.8) is 0 Å². The SMILES string of the molecule is NC(=O)[C@@]1(O)CCCN(CC2CCC(C(F)(F)F)CC2)C1. The first-order chi connectivity index (χ1) is 9.71. The van der Waals surface area contributed by atoms with E-state index in [0.717, 1.165) is 6.54 Å². The van der Waals surface area contributed by atoms with E-state index in [-0.39, 0.29) is 25.3 Å². The van der Waals surface area contributed by atoms with Gasteiger partial charge in [0.1, 0.15) is 0 Å². The Morgan fingerprint density at radius 3 is 2.43 bits per heavy atom. The van der Waals surface area contributed by atoms with Crippen LogP contribution < -0.4 is 5.73 Å². The Morgan fingerprint density at radius 1 is 1.29 bits per heavy atom. The van der Waals surface area contributed by atoms with Crippen molar-refractivity contribution >= 4 is 5.91 Å². The fourth-order valence-electron chi connectivity index (χ4n) is 3.52. The molecule has 0 bridgehead atoms. The third kappa shape index (κ3) is 4.10. The molecule has 1 saturated carbocycles. The number of hydrogen-bond donors (Lipinski definition) is 2. The molecule has 2 aliphatic rings. The summed E-state index contributed by atoms with van der Waals surface area (Å²) in [5.74, 6) is -1.68. The summed E-state index contributed by atoms with van der Waals surface area (Å²) in [6.45, 7) is 1.59. The third-order valence-electron chi connectivity index (χ3n) is 4.83. The summed E-state index contributed by atoms with van der Waals surface area (Å²) in [5.41, 5.74) is 3.74. The van der Waals surface area contributed by atoms with Gasteiger partial charge in [-0.15, -0.1) is 0 Å². The second kappa shape index (κ2) is 6.12. The summed E-state index contributed by atoms with van der Waals surface area (Å²) in [6.07, 6.45) is -1.57. The van der Waals surface area contributed by atoms with E-state index in [2.05, 4.69) is 0 Å². The molecule has 1 amide bonds. The number of amides is 1. The van der Waals surface area contributed by atoms with Crippen molar-refractivity contribution in [2.24, 2.45) is 17.6 Å². The molecule has 1 heterocycles. The van der Waals surface area contributed by atoms with Gasteiger partial charge in [0, 0.05) is 13.1 Å². The number of halogens is 3. The fourth-order valence-corrected chi connectivity index (χ4v) is 3.52. The molecule has 1 aliphatic carbocycles. The molecule has 0 unspecified atom stereocenters. The van der Waals surface area contributed by atoms with Crippen LogP contribution in [0.1, 0.15) is 38.5 Å². The average molecular weight is 308 g/mol. The van der Waals surface area contributed by atoms with Crippen LogP contribution >= 0.6 is 0 Å². The number of aliphatic hydroxyl groups is 1. The molecule has 2 fully saturated rings. The zero-order valence-electron chi connectivity index (χ0n) is 12.0. The van der Waals surface area contributed by atoms with Gasteiger partial charge in [0.05, 0.1) is 5.92 Å². The Hall–Kier alpha value is -0.820. The smallest absolute Gasteiger partial charge is 0.379 e. The molecule has 0 spiro atoms. The van der Waals surface area contributed by atoms with Gasteiger partial charge in [0.2, 0.25) is 0 Å². The van der Waals surface area contributed by atoms with Gasteiger partial charge in [-0.25, -0.2) is 0 Å². The molecule has 0 radical (unpaired) electrons. The lowest BCUT2D eigenvalue weighted by Gasteiger charge is -2.40. The summed E-state index contributed by atoms with van der Waals surface area (Å²) >= 11 is 0. The van der Waals surface area contributed by atoms with Crippen molar-refractivity contribution in [3.8, 4) is 0 Å². The van der Waals surface area contributed by atoms with E-state index < -0.39 is 23.6 Å². The van der Waals surface area contributed by atoms with E-state index in [0.29, 0.717) is 32.2 Å². The first-order valence-electron chi connectivity index (χ1n) is 7.52. The topological polar surface area (TPSA) is 66.6 Å². The maximum atomic E-state index is 12.6. The van der Waals surface area contributed by atoms with Crippen molar-refractivity contribution in [2.75, 3.05) is 19.6 Å². The first-order valence-corrected chi connectivity index (χ1v) is 7.52. The van der Waals surface area contributed by atoms with Crippen LogP contribution in [0.4, 0.5) is 13.2 Å². The maximum absolute atomic E-state index is 12.6. The number of piperidine rings is 1. The molecule has 0 aromatic heterocycles. The number of alkyl halides is 3. The number of nitrogens with two attached hydrogens (primary N) is 1. The van der Waals surface area contributed by atoms with Crippen LogP contribution in [0.5, 0.6) is 0 Å². The molecule has 0 aromatic rings. The number of likely N-dealkylation sites (tertiary alicyclic amines) is 1. The minimum Gasteiger partial charge on any atom is -0.379 e. The minimum atomic E-state index is -4.08. The van der Waals surface area contributed by atoms with E-state index in [1.54, 1.807) is 0 Å². The summed E-state index contributed by atoms with van der Waals surface area (Å²) in [6, 6.07) is 0. The number of rotatable bonds is 3. The highest BCUT2D eigenvalue weighted by Crippen LogP contribution is 2.39. The summed E-state index contributed by atoms with van der Waals surface area (Å²) in [4.78, 5) is 13.3. The standard InChI is InChI=1S/C14H23F3N2O2/c15-14(16,17)11-4-2-10(3-5-11)8-19-7-1-6-13(21,9-19)12(18)20/h10-11,21H,1-9H2,(H2,18,20)/t10?,11?,13-/m1/s1. The van der Waals surface area contributed by atoms with Crippen LogP contribution in [-0.4, -0.2) is 47.3 Å². The molecule has 1 aliphatic heterocycles. The van der Waals surface area contributed by atoms with Gasteiger partial charge < -0.3 is 10.8 Å². The van der Waals surface area contributed by atoms with Crippen LogP contribution in [0.3, 0.4) is 0 Å². The number of β-amino-alcohol motifs (C(OH)–C–C–N with tert-alkyl or cyclic N) is 1.